The van der Waals surface area contributed by atoms with E-state index in [2.05, 4.69) is 30.7 Å². The molecule has 0 radical (unpaired) electrons. The highest BCUT2D eigenvalue weighted by atomic mass is 15.6. The van der Waals surface area contributed by atoms with Gasteiger partial charge >= 0.3 is 0 Å². The second kappa shape index (κ2) is 3.06. The van der Waals surface area contributed by atoms with Crippen molar-refractivity contribution in [1.29, 1.82) is 5.53 Å². The van der Waals surface area contributed by atoms with Crippen LogP contribution in [-0.2, 0) is 0 Å². The highest BCUT2D eigenvalue weighted by Crippen LogP contribution is 2.41. The molecule has 2 N–H and O–H groups in total. The standard InChI is InChI=1S/C10H6N8/c11-13-8-6-4-2-1-3-5(6)7-9(8)15-18-10(12-7)14-16-17-18/h1-4,11H,(H,12,14,17). The first kappa shape index (κ1) is 9.16. The molecule has 18 heavy (non-hydrogen) atoms. The molecule has 1 aromatic heterocycles. The van der Waals surface area contributed by atoms with Gasteiger partial charge in [0.25, 0.3) is 5.78 Å². The van der Waals surface area contributed by atoms with E-state index >= 15 is 0 Å². The van der Waals surface area contributed by atoms with Gasteiger partial charge in [-0.1, -0.05) is 29.4 Å². The van der Waals surface area contributed by atoms with Gasteiger partial charge in [-0.3, -0.25) is 0 Å². The Hall–Kier alpha value is -2.90. The molecule has 0 spiro atoms. The largest absolute Gasteiger partial charge is 0.289 e. The van der Waals surface area contributed by atoms with E-state index in [1.165, 1.54) is 4.63 Å². The van der Waals surface area contributed by atoms with E-state index in [4.69, 9.17) is 5.53 Å². The molecule has 0 unspecified atom stereocenters. The van der Waals surface area contributed by atoms with Crippen molar-refractivity contribution in [2.75, 3.05) is 0 Å². The normalized spacial score (nSPS) is 11.6. The molecule has 4 rings (SSSR count). The van der Waals surface area contributed by atoms with Crippen LogP contribution in [0.25, 0.3) is 27.9 Å². The molecule has 2 heterocycles. The van der Waals surface area contributed by atoms with Crippen LogP contribution in [0, 0.1) is 5.53 Å². The van der Waals surface area contributed by atoms with E-state index in [1.807, 2.05) is 24.3 Å². The number of nitrogens with zero attached hydrogens (tertiary/aromatic N) is 6. The fraction of sp³-hybridized carbons (Fsp3) is 0. The molecule has 2 aromatic rings. The topological polar surface area (TPSA) is 108 Å². The molecule has 8 nitrogen and oxygen atoms in total. The Labute approximate surface area is 99.5 Å². The van der Waals surface area contributed by atoms with Crippen molar-refractivity contribution < 1.29 is 0 Å². The van der Waals surface area contributed by atoms with Crippen molar-refractivity contribution in [3.8, 4) is 11.4 Å². The molecule has 0 saturated heterocycles. The summed E-state index contributed by atoms with van der Waals surface area (Å²) in [6.07, 6.45) is 0. The number of hydrogen-bond acceptors (Lipinski definition) is 6. The van der Waals surface area contributed by atoms with Crippen LogP contribution in [0.15, 0.2) is 29.4 Å². The maximum absolute atomic E-state index is 7.30. The average molecular weight is 238 g/mol. The fourth-order valence-corrected chi connectivity index (χ4v) is 2.12. The minimum absolute atomic E-state index is 0.384. The predicted octanol–water partition coefficient (Wildman–Crippen LogP) is 1.77. The average Bonchev–Trinajstić information content (AvgIpc) is 2.97. The summed E-state index contributed by atoms with van der Waals surface area (Å²) >= 11 is 0. The van der Waals surface area contributed by atoms with Crippen molar-refractivity contribution in [2.45, 2.75) is 0 Å². The first-order chi connectivity index (χ1) is 8.88. The van der Waals surface area contributed by atoms with Crippen molar-refractivity contribution >= 4 is 22.2 Å². The van der Waals surface area contributed by atoms with Gasteiger partial charge in [-0.05, 0) is 5.21 Å². The quantitative estimate of drug-likeness (QED) is 0.492. The summed E-state index contributed by atoms with van der Waals surface area (Å²) < 4.78 is 1.36. The monoisotopic (exact) mass is 238 g/mol. The number of H-pyrrole nitrogens is 1. The van der Waals surface area contributed by atoms with Crippen LogP contribution in [0.1, 0.15) is 0 Å². The van der Waals surface area contributed by atoms with Crippen LogP contribution < -0.4 is 0 Å². The maximum atomic E-state index is 7.30. The Bertz CT molecular complexity index is 857. The van der Waals surface area contributed by atoms with Gasteiger partial charge in [0.1, 0.15) is 17.1 Å². The van der Waals surface area contributed by atoms with E-state index in [1.54, 1.807) is 0 Å². The molecule has 1 aliphatic heterocycles. The number of aromatic nitrogens is 6. The molecule has 0 bridgehead atoms. The van der Waals surface area contributed by atoms with Gasteiger partial charge in [-0.15, -0.1) is 9.73 Å². The Balaban J connectivity index is 2.31. The van der Waals surface area contributed by atoms with Crippen molar-refractivity contribution in [1.82, 2.24) is 30.2 Å². The van der Waals surface area contributed by atoms with E-state index in [9.17, 15) is 0 Å². The van der Waals surface area contributed by atoms with Crippen LogP contribution >= 0.6 is 0 Å². The van der Waals surface area contributed by atoms with Gasteiger partial charge in [0.2, 0.25) is 0 Å². The zero-order valence-electron chi connectivity index (χ0n) is 8.99. The molecule has 0 amide bonds. The van der Waals surface area contributed by atoms with E-state index in [-0.39, 0.29) is 0 Å². The fourth-order valence-electron chi connectivity index (χ4n) is 2.12. The summed E-state index contributed by atoms with van der Waals surface area (Å²) in [4.78, 5) is 4.39. The minimum atomic E-state index is 0.384. The third-order valence-corrected chi connectivity index (χ3v) is 2.88. The second-order valence-electron chi connectivity index (χ2n) is 3.83. The Morgan fingerprint density at radius 2 is 2.00 bits per heavy atom. The summed E-state index contributed by atoms with van der Waals surface area (Å²) in [5.74, 6) is 0.384. The van der Waals surface area contributed by atoms with Crippen LogP contribution in [0.4, 0.5) is 5.69 Å². The van der Waals surface area contributed by atoms with Gasteiger partial charge < -0.3 is 0 Å². The lowest BCUT2D eigenvalue weighted by Crippen LogP contribution is -1.99. The lowest BCUT2D eigenvalue weighted by atomic mass is 10.2. The Morgan fingerprint density at radius 3 is 2.83 bits per heavy atom. The number of nitrogens with one attached hydrogen (secondary N) is 2. The summed E-state index contributed by atoms with van der Waals surface area (Å²) in [6.45, 7) is 0. The van der Waals surface area contributed by atoms with Gasteiger partial charge in [-0.25, -0.2) is 10.5 Å². The minimum Gasteiger partial charge on any atom is -0.206 e. The van der Waals surface area contributed by atoms with Crippen molar-refractivity contribution in [2.24, 2.45) is 5.11 Å². The van der Waals surface area contributed by atoms with Crippen LogP contribution in [-0.4, -0.2) is 30.2 Å². The highest BCUT2D eigenvalue weighted by Gasteiger charge is 2.22. The van der Waals surface area contributed by atoms with Gasteiger partial charge in [0, 0.05) is 10.8 Å². The van der Waals surface area contributed by atoms with E-state index in [0.29, 0.717) is 22.9 Å². The SMILES string of the molecule is N=Nc1c2nn3[nH]nnc3nc-2c2ccccc12. The molecule has 8 heteroatoms. The Kier molecular flexibility index (Phi) is 1.56. The summed E-state index contributed by atoms with van der Waals surface area (Å²) in [6, 6.07) is 7.64. The molecular formula is C10H6N8. The lowest BCUT2D eigenvalue weighted by molar-refractivity contribution is 0.729. The maximum Gasteiger partial charge on any atom is 0.289 e. The zero-order valence-corrected chi connectivity index (χ0v) is 8.99. The molecular weight excluding hydrogens is 232 g/mol. The van der Waals surface area contributed by atoms with Crippen LogP contribution in [0.2, 0.25) is 0 Å². The molecule has 0 fully saturated rings. The van der Waals surface area contributed by atoms with Crippen LogP contribution in [0.5, 0.6) is 0 Å². The zero-order chi connectivity index (χ0) is 12.1. The predicted molar refractivity (Wildman–Crippen MR) is 61.9 cm³/mol. The van der Waals surface area contributed by atoms with E-state index < -0.39 is 0 Å². The Morgan fingerprint density at radius 1 is 1.17 bits per heavy atom. The van der Waals surface area contributed by atoms with Gasteiger partial charge in [-0.2, -0.15) is 10.3 Å². The molecule has 1 aliphatic carbocycles. The van der Waals surface area contributed by atoms with Crippen molar-refractivity contribution in [3.63, 3.8) is 0 Å². The third kappa shape index (κ3) is 0.986. The number of benzene rings is 1. The number of tetrazole rings is 1. The van der Waals surface area contributed by atoms with Gasteiger partial charge in [0.15, 0.2) is 0 Å². The first-order valence-corrected chi connectivity index (χ1v) is 5.24. The van der Waals surface area contributed by atoms with Crippen molar-refractivity contribution in [3.05, 3.63) is 24.3 Å². The smallest absolute Gasteiger partial charge is 0.206 e. The molecule has 1 aromatic carbocycles. The third-order valence-electron chi connectivity index (χ3n) is 2.88. The highest BCUT2D eigenvalue weighted by molar-refractivity contribution is 6.09. The molecule has 0 saturated carbocycles. The summed E-state index contributed by atoms with van der Waals surface area (Å²) in [7, 11) is 0. The number of aromatic amines is 1. The van der Waals surface area contributed by atoms with Crippen LogP contribution in [0.3, 0.4) is 0 Å². The molecule has 0 atom stereocenters. The summed E-state index contributed by atoms with van der Waals surface area (Å²) in [5.41, 5.74) is 9.06. The number of rotatable bonds is 1. The van der Waals surface area contributed by atoms with Gasteiger partial charge in [0.05, 0.1) is 0 Å². The molecule has 2 aliphatic rings. The summed E-state index contributed by atoms with van der Waals surface area (Å²) in [5, 5.41) is 19.7. The van der Waals surface area contributed by atoms with E-state index in [0.717, 1.165) is 10.8 Å². The second-order valence-corrected chi connectivity index (χ2v) is 3.83. The number of hydrogen-bond donors (Lipinski definition) is 2. The lowest BCUT2D eigenvalue weighted by Gasteiger charge is -1.97. The molecule has 86 valence electrons. The number of fused-ring (bicyclic) bond motifs is 4. The first-order valence-electron chi connectivity index (χ1n) is 5.24.